The van der Waals surface area contributed by atoms with E-state index >= 15 is 0 Å². The van der Waals surface area contributed by atoms with Gasteiger partial charge in [0.25, 0.3) is 5.91 Å². The highest BCUT2D eigenvalue weighted by molar-refractivity contribution is 5.99. The van der Waals surface area contributed by atoms with Gasteiger partial charge < -0.3 is 30.7 Å². The van der Waals surface area contributed by atoms with Crippen molar-refractivity contribution in [2.75, 3.05) is 44.4 Å². The number of ether oxygens (including phenoxy) is 1. The number of esters is 1. The minimum atomic E-state index is -0.740. The van der Waals surface area contributed by atoms with E-state index in [2.05, 4.69) is 30.8 Å². The molecular weight excluding hydrogens is 484 g/mol. The van der Waals surface area contributed by atoms with Gasteiger partial charge >= 0.3 is 5.97 Å². The summed E-state index contributed by atoms with van der Waals surface area (Å²) in [5.41, 5.74) is 2.34. The Balaban J connectivity index is 1.60. The maximum atomic E-state index is 13.0. The van der Waals surface area contributed by atoms with E-state index in [0.29, 0.717) is 17.8 Å². The van der Waals surface area contributed by atoms with Crippen LogP contribution in [0.15, 0.2) is 54.7 Å². The number of aliphatic hydroxyl groups excluding tert-OH is 1. The predicted molar refractivity (Wildman–Crippen MR) is 146 cm³/mol. The second kappa shape index (κ2) is 11.6. The Labute approximate surface area is 222 Å². The minimum Gasteiger partial charge on any atom is -0.451 e. The van der Waals surface area contributed by atoms with Crippen LogP contribution in [0.3, 0.4) is 0 Å². The number of aromatic nitrogens is 2. The number of nitrogens with one attached hydrogen (secondary N) is 3. The summed E-state index contributed by atoms with van der Waals surface area (Å²) in [5.74, 6) is -0.117. The van der Waals surface area contributed by atoms with Crippen molar-refractivity contribution < 1.29 is 19.4 Å². The van der Waals surface area contributed by atoms with Crippen molar-refractivity contribution in [3.8, 4) is 0 Å². The van der Waals surface area contributed by atoms with Gasteiger partial charge in [0, 0.05) is 24.0 Å². The number of cyclic esters (lactones) is 1. The summed E-state index contributed by atoms with van der Waals surface area (Å²) in [5, 5.41) is 19.4. The third-order valence-electron chi connectivity index (χ3n) is 6.29. The second-order valence-corrected chi connectivity index (χ2v) is 9.94. The fourth-order valence-corrected chi connectivity index (χ4v) is 4.26. The molecule has 0 fully saturated rings. The van der Waals surface area contributed by atoms with Crippen LogP contribution in [-0.4, -0.2) is 65.6 Å². The van der Waals surface area contributed by atoms with Crippen LogP contribution in [0.4, 0.5) is 17.5 Å². The average molecular weight is 519 g/mol. The van der Waals surface area contributed by atoms with Gasteiger partial charge in [-0.05, 0) is 64.7 Å². The standard InChI is InChI=1S/C28H34N6O4/c1-28(2)22-15-19(11-12-20(22)26(37)38-28)31-27-30-16-21(25(36)29-13-8-14-34(3)4)24(33-27)32-23(17-35)18-9-6-5-7-10-18/h5-7,9-12,15-16,23,35H,8,13-14,17H2,1-4H3,(H,29,36)(H2,30,31,32,33). The van der Waals surface area contributed by atoms with Crippen LogP contribution in [0, 0.1) is 0 Å². The highest BCUT2D eigenvalue weighted by Crippen LogP contribution is 2.37. The van der Waals surface area contributed by atoms with E-state index in [1.165, 1.54) is 6.20 Å². The first kappa shape index (κ1) is 27.0. The number of nitrogens with zero attached hydrogens (tertiary/aromatic N) is 3. The van der Waals surface area contributed by atoms with Crippen molar-refractivity contribution in [1.82, 2.24) is 20.2 Å². The smallest absolute Gasteiger partial charge is 0.339 e. The number of aliphatic hydroxyl groups is 1. The molecule has 2 heterocycles. The van der Waals surface area contributed by atoms with E-state index < -0.39 is 11.6 Å². The molecule has 3 aromatic rings. The van der Waals surface area contributed by atoms with Gasteiger partial charge in [0.1, 0.15) is 17.0 Å². The van der Waals surface area contributed by atoms with Crippen LogP contribution in [0.5, 0.6) is 0 Å². The first-order valence-corrected chi connectivity index (χ1v) is 12.5. The maximum absolute atomic E-state index is 13.0. The summed E-state index contributed by atoms with van der Waals surface area (Å²) in [7, 11) is 3.96. The van der Waals surface area contributed by atoms with E-state index in [-0.39, 0.29) is 35.8 Å². The van der Waals surface area contributed by atoms with Gasteiger partial charge in [-0.15, -0.1) is 0 Å². The van der Waals surface area contributed by atoms with Crippen molar-refractivity contribution in [3.05, 3.63) is 77.0 Å². The summed E-state index contributed by atoms with van der Waals surface area (Å²) in [6.45, 7) is 4.83. The number of amides is 1. The Hall–Kier alpha value is -4.02. The largest absolute Gasteiger partial charge is 0.451 e. The zero-order valence-electron chi connectivity index (χ0n) is 22.1. The van der Waals surface area contributed by atoms with Crippen molar-refractivity contribution in [2.24, 2.45) is 0 Å². The Morgan fingerprint density at radius 2 is 1.92 bits per heavy atom. The molecule has 4 N–H and O–H groups in total. The zero-order chi connectivity index (χ0) is 27.3. The fraction of sp³-hybridized carbons (Fsp3) is 0.357. The molecular formula is C28H34N6O4. The number of rotatable bonds is 11. The molecule has 1 aliphatic heterocycles. The molecule has 38 heavy (non-hydrogen) atoms. The monoisotopic (exact) mass is 518 g/mol. The Kier molecular flexibility index (Phi) is 8.23. The average Bonchev–Trinajstić information content (AvgIpc) is 3.12. The molecule has 1 atom stereocenters. The summed E-state index contributed by atoms with van der Waals surface area (Å²) in [6.07, 6.45) is 2.26. The number of hydrogen-bond donors (Lipinski definition) is 4. The molecule has 0 aliphatic carbocycles. The first-order chi connectivity index (χ1) is 18.2. The lowest BCUT2D eigenvalue weighted by Gasteiger charge is -2.20. The Morgan fingerprint density at radius 1 is 1.16 bits per heavy atom. The second-order valence-electron chi connectivity index (χ2n) is 9.94. The van der Waals surface area contributed by atoms with Gasteiger partial charge in [0.15, 0.2) is 0 Å². The number of hydrogen-bond acceptors (Lipinski definition) is 9. The van der Waals surface area contributed by atoms with Crippen LogP contribution < -0.4 is 16.0 Å². The van der Waals surface area contributed by atoms with Crippen LogP contribution in [0.1, 0.15) is 58.2 Å². The molecule has 10 heteroatoms. The number of benzene rings is 2. The molecule has 1 unspecified atom stereocenters. The van der Waals surface area contributed by atoms with Crippen molar-refractivity contribution in [1.29, 1.82) is 0 Å². The van der Waals surface area contributed by atoms with Crippen LogP contribution in [0.2, 0.25) is 0 Å². The van der Waals surface area contributed by atoms with Crippen molar-refractivity contribution >= 4 is 29.3 Å². The molecule has 1 aliphatic rings. The van der Waals surface area contributed by atoms with Gasteiger partial charge in [-0.2, -0.15) is 4.98 Å². The van der Waals surface area contributed by atoms with Gasteiger partial charge in [-0.25, -0.2) is 9.78 Å². The third-order valence-corrected chi connectivity index (χ3v) is 6.29. The van der Waals surface area contributed by atoms with Crippen molar-refractivity contribution in [3.63, 3.8) is 0 Å². The topological polar surface area (TPSA) is 129 Å². The quantitative estimate of drug-likeness (QED) is 0.223. The molecule has 2 aromatic carbocycles. The van der Waals surface area contributed by atoms with Gasteiger partial charge in [0.05, 0.1) is 18.2 Å². The van der Waals surface area contributed by atoms with E-state index in [1.807, 2.05) is 64.3 Å². The SMILES string of the molecule is CN(C)CCCNC(=O)c1cnc(Nc2ccc3c(c2)C(C)(C)OC3=O)nc1NC(CO)c1ccccc1. The van der Waals surface area contributed by atoms with E-state index in [9.17, 15) is 14.7 Å². The molecule has 1 aromatic heterocycles. The zero-order valence-corrected chi connectivity index (χ0v) is 22.1. The first-order valence-electron chi connectivity index (χ1n) is 12.5. The number of carbonyl (C=O) groups is 2. The minimum absolute atomic E-state index is 0.200. The van der Waals surface area contributed by atoms with Gasteiger partial charge in [-0.1, -0.05) is 30.3 Å². The molecule has 0 saturated carbocycles. The fourth-order valence-electron chi connectivity index (χ4n) is 4.26. The lowest BCUT2D eigenvalue weighted by atomic mass is 9.95. The van der Waals surface area contributed by atoms with Crippen LogP contribution in [-0.2, 0) is 10.3 Å². The van der Waals surface area contributed by atoms with Crippen molar-refractivity contribution in [2.45, 2.75) is 31.9 Å². The van der Waals surface area contributed by atoms with E-state index in [4.69, 9.17) is 4.74 Å². The molecule has 0 radical (unpaired) electrons. The van der Waals surface area contributed by atoms with Gasteiger partial charge in [-0.3, -0.25) is 4.79 Å². The van der Waals surface area contributed by atoms with E-state index in [1.54, 1.807) is 12.1 Å². The molecule has 0 saturated heterocycles. The summed E-state index contributed by atoms with van der Waals surface area (Å²) in [6, 6.07) is 14.3. The molecule has 200 valence electrons. The predicted octanol–water partition coefficient (Wildman–Crippen LogP) is 3.45. The van der Waals surface area contributed by atoms with Gasteiger partial charge in [0.2, 0.25) is 5.95 Å². The number of carbonyl (C=O) groups excluding carboxylic acids is 2. The summed E-state index contributed by atoms with van der Waals surface area (Å²) < 4.78 is 5.46. The summed E-state index contributed by atoms with van der Waals surface area (Å²) in [4.78, 5) is 36.2. The Morgan fingerprint density at radius 3 is 2.63 bits per heavy atom. The highest BCUT2D eigenvalue weighted by Gasteiger charge is 2.37. The van der Waals surface area contributed by atoms with Crippen LogP contribution >= 0.6 is 0 Å². The normalized spacial score (nSPS) is 14.5. The molecule has 0 bridgehead atoms. The van der Waals surface area contributed by atoms with Crippen LogP contribution in [0.25, 0.3) is 0 Å². The maximum Gasteiger partial charge on any atom is 0.339 e. The summed E-state index contributed by atoms with van der Waals surface area (Å²) >= 11 is 0. The number of fused-ring (bicyclic) bond motifs is 1. The molecule has 10 nitrogen and oxygen atoms in total. The molecule has 0 spiro atoms. The third kappa shape index (κ3) is 6.27. The lowest BCUT2D eigenvalue weighted by Crippen LogP contribution is -2.29. The lowest BCUT2D eigenvalue weighted by molar-refractivity contribution is 0.00953. The highest BCUT2D eigenvalue weighted by atomic mass is 16.6. The Bertz CT molecular complexity index is 1300. The van der Waals surface area contributed by atoms with E-state index in [0.717, 1.165) is 24.1 Å². The number of anilines is 3. The molecule has 1 amide bonds. The molecule has 4 rings (SSSR count).